The van der Waals surface area contributed by atoms with E-state index in [9.17, 15) is 9.59 Å². The number of aromatic nitrogens is 2. The summed E-state index contributed by atoms with van der Waals surface area (Å²) in [6, 6.07) is 5.72. The van der Waals surface area contributed by atoms with Gasteiger partial charge in [-0.1, -0.05) is 0 Å². The third kappa shape index (κ3) is 4.37. The summed E-state index contributed by atoms with van der Waals surface area (Å²) in [7, 11) is 1.72. The topological polar surface area (TPSA) is 102 Å². The molecule has 0 bridgehead atoms. The van der Waals surface area contributed by atoms with Crippen molar-refractivity contribution in [3.05, 3.63) is 46.7 Å². The highest BCUT2D eigenvalue weighted by Gasteiger charge is 2.36. The second-order valence-corrected chi connectivity index (χ2v) is 8.99. The van der Waals surface area contributed by atoms with Gasteiger partial charge in [-0.25, -0.2) is 4.98 Å². The van der Waals surface area contributed by atoms with E-state index in [2.05, 4.69) is 27.0 Å². The number of nitrogens with zero attached hydrogens (tertiary/aromatic N) is 4. The molecule has 2 fully saturated rings. The zero-order valence-corrected chi connectivity index (χ0v) is 19.8. The second kappa shape index (κ2) is 8.95. The van der Waals surface area contributed by atoms with Gasteiger partial charge in [0, 0.05) is 57.6 Å². The standard InChI is InChI=1S/C24H29N5O5/c1-14-11-29(24-32-16(3)33-24)8-7-28(14)12-18-10-19-22(34-18)20(13-27(4)23(19)31)17-5-6-25-21(9-17)26-15(2)30/h5-6,9-10,13-14,16,24H,7-8,11-12H2,1-4H3,(H,25,26,30)/t14-,16?,24?/m1/s1. The van der Waals surface area contributed by atoms with Crippen LogP contribution in [0.4, 0.5) is 5.82 Å². The van der Waals surface area contributed by atoms with Gasteiger partial charge in [0.1, 0.15) is 17.2 Å². The van der Waals surface area contributed by atoms with Crippen molar-refractivity contribution in [3.63, 3.8) is 0 Å². The molecule has 2 saturated heterocycles. The summed E-state index contributed by atoms with van der Waals surface area (Å²) < 4.78 is 19.1. The summed E-state index contributed by atoms with van der Waals surface area (Å²) in [5.74, 6) is 0.981. The Hall–Kier alpha value is -3.05. The van der Waals surface area contributed by atoms with Crippen molar-refractivity contribution in [2.45, 2.75) is 46.1 Å². The zero-order chi connectivity index (χ0) is 24.0. The number of anilines is 1. The van der Waals surface area contributed by atoms with E-state index >= 15 is 0 Å². The highest BCUT2D eigenvalue weighted by atomic mass is 16.9. The van der Waals surface area contributed by atoms with Crippen LogP contribution in [0.15, 0.2) is 39.8 Å². The van der Waals surface area contributed by atoms with Gasteiger partial charge in [-0.3, -0.25) is 19.4 Å². The SMILES string of the molecule is CC(=O)Nc1cc(-c2cn(C)c(=O)c3cc(CN4CCN(C5OC(C)O5)C[C@H]4C)oc23)ccn1. The number of ether oxygens (including phenoxy) is 2. The maximum absolute atomic E-state index is 12.9. The molecule has 2 aliphatic heterocycles. The summed E-state index contributed by atoms with van der Waals surface area (Å²) in [5.41, 5.74) is 1.99. The van der Waals surface area contributed by atoms with Crippen molar-refractivity contribution in [2.24, 2.45) is 7.05 Å². The van der Waals surface area contributed by atoms with E-state index < -0.39 is 0 Å². The molecule has 3 aromatic heterocycles. The maximum Gasteiger partial charge on any atom is 0.261 e. The number of fused-ring (bicyclic) bond motifs is 1. The Morgan fingerprint density at radius 2 is 2.03 bits per heavy atom. The Labute approximate surface area is 197 Å². The van der Waals surface area contributed by atoms with Gasteiger partial charge in [0.2, 0.25) is 12.3 Å². The van der Waals surface area contributed by atoms with Gasteiger partial charge in [0.25, 0.3) is 5.56 Å². The highest BCUT2D eigenvalue weighted by molar-refractivity contribution is 5.93. The molecule has 1 atom stereocenters. The number of furan rings is 1. The van der Waals surface area contributed by atoms with E-state index in [1.807, 2.05) is 19.1 Å². The van der Waals surface area contributed by atoms with E-state index in [1.54, 1.807) is 30.1 Å². The van der Waals surface area contributed by atoms with Crippen LogP contribution < -0.4 is 10.9 Å². The Morgan fingerprint density at radius 3 is 2.74 bits per heavy atom. The minimum Gasteiger partial charge on any atom is -0.459 e. The fourth-order valence-electron chi connectivity index (χ4n) is 4.59. The molecule has 0 aliphatic carbocycles. The maximum atomic E-state index is 12.9. The fraction of sp³-hybridized carbons (Fsp3) is 0.458. The van der Waals surface area contributed by atoms with Crippen molar-refractivity contribution < 1.29 is 18.7 Å². The molecule has 34 heavy (non-hydrogen) atoms. The van der Waals surface area contributed by atoms with Crippen molar-refractivity contribution >= 4 is 22.7 Å². The number of hydrogen-bond donors (Lipinski definition) is 1. The van der Waals surface area contributed by atoms with E-state index in [-0.39, 0.29) is 30.2 Å². The number of nitrogens with one attached hydrogen (secondary N) is 1. The number of hydrogen-bond acceptors (Lipinski definition) is 8. The molecule has 10 heteroatoms. The van der Waals surface area contributed by atoms with E-state index in [0.29, 0.717) is 23.3 Å². The lowest BCUT2D eigenvalue weighted by Crippen LogP contribution is -2.60. The average molecular weight is 468 g/mol. The molecule has 0 aromatic carbocycles. The molecule has 0 spiro atoms. The van der Waals surface area contributed by atoms with E-state index in [1.165, 1.54) is 6.92 Å². The van der Waals surface area contributed by atoms with Crippen molar-refractivity contribution in [2.75, 3.05) is 25.0 Å². The summed E-state index contributed by atoms with van der Waals surface area (Å²) in [5, 5.41) is 3.23. The first-order chi connectivity index (χ1) is 16.3. The predicted octanol–water partition coefficient (Wildman–Crippen LogP) is 2.33. The van der Waals surface area contributed by atoms with Gasteiger partial charge in [-0.15, -0.1) is 0 Å². The van der Waals surface area contributed by atoms with E-state index in [0.717, 1.165) is 36.5 Å². The predicted molar refractivity (Wildman–Crippen MR) is 126 cm³/mol. The molecular formula is C24H29N5O5. The first-order valence-electron chi connectivity index (χ1n) is 11.4. The van der Waals surface area contributed by atoms with Gasteiger partial charge in [0.05, 0.1) is 11.9 Å². The van der Waals surface area contributed by atoms with Crippen LogP contribution in [0.5, 0.6) is 0 Å². The first kappa shape index (κ1) is 22.7. The summed E-state index contributed by atoms with van der Waals surface area (Å²) in [6.45, 7) is 8.59. The van der Waals surface area contributed by atoms with Crippen LogP contribution in [0.1, 0.15) is 26.5 Å². The molecule has 0 unspecified atom stereocenters. The lowest BCUT2D eigenvalue weighted by Gasteiger charge is -2.46. The second-order valence-electron chi connectivity index (χ2n) is 8.99. The molecule has 10 nitrogen and oxygen atoms in total. The third-order valence-electron chi connectivity index (χ3n) is 6.35. The Kier molecular flexibility index (Phi) is 5.98. The van der Waals surface area contributed by atoms with Gasteiger partial charge in [-0.05, 0) is 37.6 Å². The van der Waals surface area contributed by atoms with Crippen LogP contribution in [0.2, 0.25) is 0 Å². The average Bonchev–Trinajstić information content (AvgIpc) is 3.19. The monoisotopic (exact) mass is 467 g/mol. The van der Waals surface area contributed by atoms with Gasteiger partial charge >= 0.3 is 0 Å². The third-order valence-corrected chi connectivity index (χ3v) is 6.35. The fourth-order valence-corrected chi connectivity index (χ4v) is 4.59. The van der Waals surface area contributed by atoms with E-state index in [4.69, 9.17) is 13.9 Å². The molecule has 0 saturated carbocycles. The smallest absolute Gasteiger partial charge is 0.261 e. The van der Waals surface area contributed by atoms with Crippen LogP contribution in [0.25, 0.3) is 22.1 Å². The largest absolute Gasteiger partial charge is 0.459 e. The number of carbonyl (C=O) groups excluding carboxylic acids is 1. The van der Waals surface area contributed by atoms with Crippen molar-refractivity contribution in [1.29, 1.82) is 0 Å². The Bertz CT molecular complexity index is 1280. The van der Waals surface area contributed by atoms with Crippen molar-refractivity contribution in [1.82, 2.24) is 19.4 Å². The Balaban J connectivity index is 1.41. The normalized spacial score (nSPS) is 23.7. The molecule has 2 aliphatic rings. The molecule has 3 aromatic rings. The number of rotatable bonds is 5. The van der Waals surface area contributed by atoms with Crippen molar-refractivity contribution in [3.8, 4) is 11.1 Å². The van der Waals surface area contributed by atoms with Crippen LogP contribution in [-0.4, -0.2) is 63.6 Å². The van der Waals surface area contributed by atoms with Gasteiger partial charge < -0.3 is 23.8 Å². The van der Waals surface area contributed by atoms with Gasteiger partial charge in [-0.2, -0.15) is 0 Å². The molecule has 1 N–H and O–H groups in total. The molecule has 1 amide bonds. The lowest BCUT2D eigenvalue weighted by atomic mass is 10.1. The van der Waals surface area contributed by atoms with Crippen LogP contribution in [-0.2, 0) is 27.9 Å². The minimum absolute atomic E-state index is 0.115. The number of aryl methyl sites for hydroxylation is 1. The molecule has 5 rings (SSSR count). The summed E-state index contributed by atoms with van der Waals surface area (Å²) >= 11 is 0. The number of piperazine rings is 1. The van der Waals surface area contributed by atoms with Crippen LogP contribution >= 0.6 is 0 Å². The quantitative estimate of drug-likeness (QED) is 0.610. The van der Waals surface area contributed by atoms with Crippen LogP contribution in [0.3, 0.4) is 0 Å². The highest BCUT2D eigenvalue weighted by Crippen LogP contribution is 2.31. The van der Waals surface area contributed by atoms with Gasteiger partial charge in [0.15, 0.2) is 6.29 Å². The molecular weight excluding hydrogens is 438 g/mol. The molecule has 0 radical (unpaired) electrons. The van der Waals surface area contributed by atoms with Crippen LogP contribution in [0, 0.1) is 0 Å². The minimum atomic E-state index is -0.251. The molecule has 5 heterocycles. The Morgan fingerprint density at radius 1 is 1.24 bits per heavy atom. The number of carbonyl (C=O) groups is 1. The number of amides is 1. The first-order valence-corrected chi connectivity index (χ1v) is 11.4. The molecule has 180 valence electrons. The zero-order valence-electron chi connectivity index (χ0n) is 19.8. The number of pyridine rings is 2. The summed E-state index contributed by atoms with van der Waals surface area (Å²) in [4.78, 5) is 33.0. The lowest BCUT2D eigenvalue weighted by molar-refractivity contribution is -0.425. The summed E-state index contributed by atoms with van der Waals surface area (Å²) in [6.07, 6.45) is 2.99.